The van der Waals surface area contributed by atoms with Gasteiger partial charge in [-0.1, -0.05) is 27.7 Å². The first kappa shape index (κ1) is 13.5. The minimum atomic E-state index is -0.515. The molecular weight excluding hydrogens is 232 g/mol. The monoisotopic (exact) mass is 253 g/mol. The fraction of sp³-hybridized carbons (Fsp3) is 0.600. The molecule has 1 fully saturated rings. The highest BCUT2D eigenvalue weighted by molar-refractivity contribution is 5.18. The van der Waals surface area contributed by atoms with Crippen LogP contribution in [0.5, 0.6) is 0 Å². The molecule has 1 aromatic carbocycles. The summed E-state index contributed by atoms with van der Waals surface area (Å²) in [5.41, 5.74) is 1.34. The molecule has 18 heavy (non-hydrogen) atoms. The lowest BCUT2D eigenvalue weighted by Crippen LogP contribution is -2.19. The van der Waals surface area contributed by atoms with Crippen molar-refractivity contribution in [2.24, 2.45) is 16.7 Å². The molecule has 0 amide bonds. The summed E-state index contributed by atoms with van der Waals surface area (Å²) in [5, 5.41) is 3.30. The average molecular weight is 253 g/mol. The molecule has 100 valence electrons. The second-order valence-corrected chi connectivity index (χ2v) is 6.40. The van der Waals surface area contributed by atoms with Crippen LogP contribution in [0.3, 0.4) is 0 Å². The minimum Gasteiger partial charge on any atom is -0.312 e. The molecule has 1 aliphatic rings. The maximum atomic E-state index is 13.0. The van der Waals surface area contributed by atoms with Gasteiger partial charge in [0.1, 0.15) is 11.6 Å². The predicted octanol–water partition coefficient (Wildman–Crippen LogP) is 3.74. The second kappa shape index (κ2) is 4.30. The molecule has 0 heterocycles. The Morgan fingerprint density at radius 1 is 1.00 bits per heavy atom. The largest absolute Gasteiger partial charge is 0.312 e. The Hall–Kier alpha value is -0.960. The summed E-state index contributed by atoms with van der Waals surface area (Å²) in [6.45, 7) is 10.5. The molecule has 0 saturated heterocycles. The van der Waals surface area contributed by atoms with Gasteiger partial charge < -0.3 is 5.32 Å². The first-order valence-electron chi connectivity index (χ1n) is 6.41. The van der Waals surface area contributed by atoms with E-state index in [2.05, 4.69) is 33.0 Å². The molecule has 1 aromatic rings. The van der Waals surface area contributed by atoms with Gasteiger partial charge in [-0.15, -0.1) is 0 Å². The van der Waals surface area contributed by atoms with Gasteiger partial charge in [-0.2, -0.15) is 0 Å². The molecule has 3 heteroatoms. The van der Waals surface area contributed by atoms with Crippen LogP contribution < -0.4 is 5.32 Å². The molecular formula is C15H21F2N. The molecule has 2 rings (SSSR count). The molecule has 0 radical (unpaired) electrons. The first-order chi connectivity index (χ1) is 8.25. The fourth-order valence-electron chi connectivity index (χ4n) is 2.92. The molecule has 0 bridgehead atoms. The molecule has 1 saturated carbocycles. The summed E-state index contributed by atoms with van der Waals surface area (Å²) in [6.07, 6.45) is 0. The van der Waals surface area contributed by atoms with Gasteiger partial charge in [0.2, 0.25) is 0 Å². The van der Waals surface area contributed by atoms with Gasteiger partial charge in [0.05, 0.1) is 0 Å². The highest BCUT2D eigenvalue weighted by Crippen LogP contribution is 2.67. The van der Waals surface area contributed by atoms with Crippen LogP contribution in [0.4, 0.5) is 8.78 Å². The van der Waals surface area contributed by atoms with Crippen LogP contribution in [-0.4, -0.2) is 6.54 Å². The van der Waals surface area contributed by atoms with Crippen LogP contribution in [0.15, 0.2) is 18.2 Å². The van der Waals surface area contributed by atoms with Crippen molar-refractivity contribution in [2.45, 2.75) is 34.2 Å². The van der Waals surface area contributed by atoms with E-state index in [0.717, 1.165) is 12.6 Å². The molecule has 1 N–H and O–H groups in total. The third kappa shape index (κ3) is 2.28. The minimum absolute atomic E-state index is 0.340. The van der Waals surface area contributed by atoms with Crippen molar-refractivity contribution in [1.29, 1.82) is 0 Å². The van der Waals surface area contributed by atoms with Gasteiger partial charge in [0.15, 0.2) is 0 Å². The number of benzene rings is 1. The maximum Gasteiger partial charge on any atom is 0.126 e. The fourth-order valence-corrected chi connectivity index (χ4v) is 2.92. The van der Waals surface area contributed by atoms with Crippen LogP contribution in [0, 0.1) is 28.4 Å². The highest BCUT2D eigenvalue weighted by Gasteiger charge is 2.63. The van der Waals surface area contributed by atoms with Crippen molar-refractivity contribution in [3.63, 3.8) is 0 Å². The van der Waals surface area contributed by atoms with Gasteiger partial charge in [0, 0.05) is 12.6 Å². The van der Waals surface area contributed by atoms with E-state index in [4.69, 9.17) is 0 Å². The first-order valence-corrected chi connectivity index (χ1v) is 6.41. The van der Waals surface area contributed by atoms with E-state index in [0.29, 0.717) is 28.9 Å². The summed E-state index contributed by atoms with van der Waals surface area (Å²) in [7, 11) is 0. The molecule has 1 nitrogen and oxygen atoms in total. The highest BCUT2D eigenvalue weighted by atomic mass is 19.1. The van der Waals surface area contributed by atoms with E-state index in [-0.39, 0.29) is 0 Å². The van der Waals surface area contributed by atoms with Gasteiger partial charge in [-0.25, -0.2) is 8.78 Å². The van der Waals surface area contributed by atoms with Crippen molar-refractivity contribution in [3.05, 3.63) is 35.4 Å². The summed E-state index contributed by atoms with van der Waals surface area (Å²) >= 11 is 0. The van der Waals surface area contributed by atoms with Gasteiger partial charge >= 0.3 is 0 Å². The Morgan fingerprint density at radius 2 is 1.50 bits per heavy atom. The van der Waals surface area contributed by atoms with Crippen molar-refractivity contribution in [3.8, 4) is 0 Å². The molecule has 0 aliphatic heterocycles. The number of hydrogen-bond donors (Lipinski definition) is 1. The quantitative estimate of drug-likeness (QED) is 0.862. The van der Waals surface area contributed by atoms with Crippen LogP contribution >= 0.6 is 0 Å². The standard InChI is InChI=1S/C15H21F2N/c1-14(2)13(15(14,3)4)9-18-8-10-5-11(16)7-12(17)6-10/h5-7,13,18H,8-9H2,1-4H3. The number of halogens is 2. The Kier molecular flexibility index (Phi) is 3.22. The van der Waals surface area contributed by atoms with E-state index in [9.17, 15) is 8.78 Å². The smallest absolute Gasteiger partial charge is 0.126 e. The van der Waals surface area contributed by atoms with Crippen LogP contribution in [0.1, 0.15) is 33.3 Å². The SMILES string of the molecule is CC1(C)C(CNCc2cc(F)cc(F)c2)C1(C)C. The Bertz CT molecular complexity index is 418. The topological polar surface area (TPSA) is 12.0 Å². The molecule has 0 unspecified atom stereocenters. The van der Waals surface area contributed by atoms with Crippen molar-refractivity contribution in [1.82, 2.24) is 5.32 Å². The van der Waals surface area contributed by atoms with E-state index in [1.807, 2.05) is 0 Å². The Labute approximate surface area is 108 Å². The third-order valence-corrected chi connectivity index (χ3v) is 4.92. The Morgan fingerprint density at radius 3 is 1.94 bits per heavy atom. The van der Waals surface area contributed by atoms with Crippen molar-refractivity contribution >= 4 is 0 Å². The second-order valence-electron chi connectivity index (χ2n) is 6.40. The lowest BCUT2D eigenvalue weighted by atomic mass is 10.0. The lowest BCUT2D eigenvalue weighted by molar-refractivity contribution is 0.457. The zero-order chi connectivity index (χ0) is 13.6. The van der Waals surface area contributed by atoms with Crippen molar-refractivity contribution < 1.29 is 8.78 Å². The summed E-state index contributed by atoms with van der Waals surface area (Å²) in [5.74, 6) is -0.416. The van der Waals surface area contributed by atoms with E-state index < -0.39 is 11.6 Å². The van der Waals surface area contributed by atoms with Gasteiger partial charge in [-0.3, -0.25) is 0 Å². The van der Waals surface area contributed by atoms with Crippen LogP contribution in [0.2, 0.25) is 0 Å². The predicted molar refractivity (Wildman–Crippen MR) is 69.1 cm³/mol. The normalized spacial score (nSPS) is 21.0. The number of hydrogen-bond acceptors (Lipinski definition) is 1. The average Bonchev–Trinajstić information content (AvgIpc) is 2.59. The summed E-state index contributed by atoms with van der Waals surface area (Å²) in [4.78, 5) is 0. The number of nitrogens with one attached hydrogen (secondary N) is 1. The van der Waals surface area contributed by atoms with E-state index >= 15 is 0 Å². The van der Waals surface area contributed by atoms with E-state index in [1.54, 1.807) is 0 Å². The van der Waals surface area contributed by atoms with Gasteiger partial charge in [0.25, 0.3) is 0 Å². The van der Waals surface area contributed by atoms with Crippen molar-refractivity contribution in [2.75, 3.05) is 6.54 Å². The lowest BCUT2D eigenvalue weighted by Gasteiger charge is -2.06. The number of rotatable bonds is 4. The molecule has 0 atom stereocenters. The summed E-state index contributed by atoms with van der Waals surface area (Å²) < 4.78 is 26.0. The van der Waals surface area contributed by atoms with E-state index in [1.165, 1.54) is 12.1 Å². The zero-order valence-corrected chi connectivity index (χ0v) is 11.5. The Balaban J connectivity index is 1.87. The molecule has 0 spiro atoms. The molecule has 1 aliphatic carbocycles. The molecule has 0 aromatic heterocycles. The zero-order valence-electron chi connectivity index (χ0n) is 11.5. The maximum absolute atomic E-state index is 13.0. The summed E-state index contributed by atoms with van der Waals surface area (Å²) in [6, 6.07) is 3.65. The van der Waals surface area contributed by atoms with Crippen LogP contribution in [-0.2, 0) is 6.54 Å². The van der Waals surface area contributed by atoms with Crippen LogP contribution in [0.25, 0.3) is 0 Å². The third-order valence-electron chi connectivity index (χ3n) is 4.92. The van der Waals surface area contributed by atoms with Gasteiger partial charge in [-0.05, 0) is 41.0 Å².